The van der Waals surface area contributed by atoms with Gasteiger partial charge in [-0.05, 0) is 24.1 Å². The molecule has 0 bridgehead atoms. The summed E-state index contributed by atoms with van der Waals surface area (Å²) in [6.07, 6.45) is 3.81. The van der Waals surface area contributed by atoms with Gasteiger partial charge in [0.05, 0.1) is 0 Å². The van der Waals surface area contributed by atoms with Gasteiger partial charge in [0.15, 0.2) is 0 Å². The van der Waals surface area contributed by atoms with Crippen molar-refractivity contribution in [3.63, 3.8) is 0 Å². The summed E-state index contributed by atoms with van der Waals surface area (Å²) in [5, 5.41) is 5.66. The Morgan fingerprint density at radius 2 is 2.08 bits per heavy atom. The number of hydrogen-bond donors (Lipinski definition) is 2. The minimum absolute atomic E-state index is 0.139. The first-order valence-corrected chi connectivity index (χ1v) is 8.39. The molecule has 6 nitrogen and oxygen atoms in total. The summed E-state index contributed by atoms with van der Waals surface area (Å²) >= 11 is 0. The number of nitrogens with zero attached hydrogens (tertiary/aromatic N) is 2. The lowest BCUT2D eigenvalue weighted by Crippen LogP contribution is -2.34. The van der Waals surface area contributed by atoms with Crippen molar-refractivity contribution in [1.29, 1.82) is 0 Å². The number of benzene rings is 1. The van der Waals surface area contributed by atoms with Crippen molar-refractivity contribution < 1.29 is 9.59 Å². The van der Waals surface area contributed by atoms with Crippen LogP contribution in [0, 0.1) is 12.8 Å². The normalized spacial score (nSPS) is 16.8. The number of pyridine rings is 1. The topological polar surface area (TPSA) is 74.3 Å². The lowest BCUT2D eigenvalue weighted by molar-refractivity contribution is -0.128. The molecule has 0 aliphatic carbocycles. The molecule has 25 heavy (non-hydrogen) atoms. The molecular weight excluding hydrogens is 316 g/mol. The third-order valence-electron chi connectivity index (χ3n) is 4.33. The Balaban J connectivity index is 1.47. The highest BCUT2D eigenvalue weighted by molar-refractivity contribution is 5.90. The standard InChI is InChI=1S/C19H22N4O2/c1-14-10-20-8-7-17(14)22-19(25)21-11-16-9-18(24)23(13-16)12-15-5-3-2-4-6-15/h2-8,10,16H,9,11-13H2,1H3,(H2,20,21,22,25). The smallest absolute Gasteiger partial charge is 0.319 e. The fourth-order valence-electron chi connectivity index (χ4n) is 2.96. The van der Waals surface area contributed by atoms with Crippen molar-refractivity contribution in [2.45, 2.75) is 19.9 Å². The highest BCUT2D eigenvalue weighted by Crippen LogP contribution is 2.19. The van der Waals surface area contributed by atoms with Gasteiger partial charge < -0.3 is 15.5 Å². The second kappa shape index (κ2) is 7.79. The van der Waals surface area contributed by atoms with Crippen molar-refractivity contribution in [2.75, 3.05) is 18.4 Å². The first-order chi connectivity index (χ1) is 12.1. The molecule has 0 saturated carbocycles. The van der Waals surface area contributed by atoms with E-state index in [2.05, 4.69) is 15.6 Å². The number of carbonyl (C=O) groups is 2. The third kappa shape index (κ3) is 4.56. The average molecular weight is 338 g/mol. The van der Waals surface area contributed by atoms with Crippen molar-refractivity contribution in [3.05, 3.63) is 59.9 Å². The van der Waals surface area contributed by atoms with Gasteiger partial charge in [-0.1, -0.05) is 30.3 Å². The van der Waals surface area contributed by atoms with E-state index in [9.17, 15) is 9.59 Å². The van der Waals surface area contributed by atoms with Crippen molar-refractivity contribution in [1.82, 2.24) is 15.2 Å². The number of aromatic nitrogens is 1. The van der Waals surface area contributed by atoms with Crippen LogP contribution in [0.25, 0.3) is 0 Å². The van der Waals surface area contributed by atoms with Gasteiger partial charge in [-0.15, -0.1) is 0 Å². The van der Waals surface area contributed by atoms with Crippen LogP contribution in [0.4, 0.5) is 10.5 Å². The van der Waals surface area contributed by atoms with E-state index in [0.29, 0.717) is 26.1 Å². The first kappa shape index (κ1) is 17.0. The molecule has 1 aliphatic heterocycles. The van der Waals surface area contributed by atoms with Crippen LogP contribution in [0.15, 0.2) is 48.8 Å². The highest BCUT2D eigenvalue weighted by atomic mass is 16.2. The summed E-state index contributed by atoms with van der Waals surface area (Å²) < 4.78 is 0. The van der Waals surface area contributed by atoms with E-state index in [0.717, 1.165) is 16.8 Å². The second-order valence-electron chi connectivity index (χ2n) is 6.36. The Kier molecular flexibility index (Phi) is 5.28. The van der Waals surface area contributed by atoms with E-state index < -0.39 is 0 Å². The monoisotopic (exact) mass is 338 g/mol. The Bertz CT molecular complexity index is 748. The van der Waals surface area contributed by atoms with Crippen molar-refractivity contribution >= 4 is 17.6 Å². The molecule has 0 radical (unpaired) electrons. The zero-order valence-electron chi connectivity index (χ0n) is 14.2. The zero-order valence-corrected chi connectivity index (χ0v) is 14.2. The molecular formula is C19H22N4O2. The summed E-state index contributed by atoms with van der Waals surface area (Å²) in [4.78, 5) is 30.0. The lowest BCUT2D eigenvalue weighted by atomic mass is 10.1. The van der Waals surface area contributed by atoms with Crippen LogP contribution < -0.4 is 10.6 Å². The van der Waals surface area contributed by atoms with Crippen LogP contribution in [0.5, 0.6) is 0 Å². The molecule has 3 rings (SSSR count). The predicted octanol–water partition coefficient (Wildman–Crippen LogP) is 2.56. The van der Waals surface area contributed by atoms with E-state index in [1.54, 1.807) is 18.5 Å². The average Bonchev–Trinajstić information content (AvgIpc) is 2.96. The first-order valence-electron chi connectivity index (χ1n) is 8.39. The number of hydrogen-bond acceptors (Lipinski definition) is 3. The molecule has 1 saturated heterocycles. The molecule has 2 N–H and O–H groups in total. The number of likely N-dealkylation sites (tertiary alicyclic amines) is 1. The molecule has 6 heteroatoms. The molecule has 130 valence electrons. The summed E-state index contributed by atoms with van der Waals surface area (Å²) in [5.41, 5.74) is 2.76. The van der Waals surface area contributed by atoms with Crippen molar-refractivity contribution in [2.24, 2.45) is 5.92 Å². The van der Waals surface area contributed by atoms with E-state index in [4.69, 9.17) is 0 Å². The Hall–Kier alpha value is -2.89. The van der Waals surface area contributed by atoms with Gasteiger partial charge in [-0.3, -0.25) is 9.78 Å². The van der Waals surface area contributed by atoms with E-state index >= 15 is 0 Å². The molecule has 1 aliphatic rings. The minimum Gasteiger partial charge on any atom is -0.338 e. The fraction of sp³-hybridized carbons (Fsp3) is 0.316. The van der Waals surface area contributed by atoms with Crippen LogP contribution in [0.1, 0.15) is 17.5 Å². The molecule has 0 spiro atoms. The van der Waals surface area contributed by atoms with Gasteiger partial charge in [0.25, 0.3) is 0 Å². The van der Waals surface area contributed by atoms with Gasteiger partial charge in [-0.2, -0.15) is 0 Å². The number of carbonyl (C=O) groups excluding carboxylic acids is 2. The molecule has 1 unspecified atom stereocenters. The molecule has 1 fully saturated rings. The Morgan fingerprint density at radius 1 is 1.28 bits per heavy atom. The van der Waals surface area contributed by atoms with E-state index in [1.165, 1.54) is 0 Å². The number of amides is 3. The summed E-state index contributed by atoms with van der Waals surface area (Å²) in [7, 11) is 0. The van der Waals surface area contributed by atoms with Gasteiger partial charge >= 0.3 is 6.03 Å². The predicted molar refractivity (Wildman–Crippen MR) is 96.0 cm³/mol. The van der Waals surface area contributed by atoms with Gasteiger partial charge in [0.2, 0.25) is 5.91 Å². The molecule has 1 aromatic carbocycles. The second-order valence-corrected chi connectivity index (χ2v) is 6.36. The summed E-state index contributed by atoms with van der Waals surface area (Å²) in [6, 6.07) is 11.4. The quantitative estimate of drug-likeness (QED) is 0.880. The van der Waals surface area contributed by atoms with E-state index in [1.807, 2.05) is 42.2 Å². The number of anilines is 1. The Morgan fingerprint density at radius 3 is 2.84 bits per heavy atom. The summed E-state index contributed by atoms with van der Waals surface area (Å²) in [6.45, 7) is 3.66. The number of urea groups is 1. The molecule has 3 amide bonds. The molecule has 1 aromatic heterocycles. The number of aryl methyl sites for hydroxylation is 1. The highest BCUT2D eigenvalue weighted by Gasteiger charge is 2.29. The molecule has 1 atom stereocenters. The third-order valence-corrected chi connectivity index (χ3v) is 4.33. The molecule has 2 aromatic rings. The van der Waals surface area contributed by atoms with Crippen LogP contribution in [-0.2, 0) is 11.3 Å². The van der Waals surface area contributed by atoms with Crippen LogP contribution >= 0.6 is 0 Å². The van der Waals surface area contributed by atoms with Crippen molar-refractivity contribution in [3.8, 4) is 0 Å². The largest absolute Gasteiger partial charge is 0.338 e. The van der Waals surface area contributed by atoms with Crippen LogP contribution in [0.2, 0.25) is 0 Å². The lowest BCUT2D eigenvalue weighted by Gasteiger charge is -2.17. The van der Waals surface area contributed by atoms with Gasteiger partial charge in [0.1, 0.15) is 0 Å². The van der Waals surface area contributed by atoms with Gasteiger partial charge in [-0.25, -0.2) is 4.79 Å². The summed E-state index contributed by atoms with van der Waals surface area (Å²) in [5.74, 6) is 0.279. The SMILES string of the molecule is Cc1cnccc1NC(=O)NCC1CC(=O)N(Cc2ccccc2)C1. The number of rotatable bonds is 5. The fourth-order valence-corrected chi connectivity index (χ4v) is 2.96. The maximum Gasteiger partial charge on any atom is 0.319 e. The van der Waals surface area contributed by atoms with Gasteiger partial charge in [0, 0.05) is 50.1 Å². The minimum atomic E-state index is -0.261. The molecule has 2 heterocycles. The number of nitrogens with one attached hydrogen (secondary N) is 2. The maximum absolute atomic E-state index is 12.2. The van der Waals surface area contributed by atoms with Crippen LogP contribution in [0.3, 0.4) is 0 Å². The van der Waals surface area contributed by atoms with Crippen LogP contribution in [-0.4, -0.2) is 34.9 Å². The Labute approximate surface area is 147 Å². The van der Waals surface area contributed by atoms with E-state index in [-0.39, 0.29) is 17.9 Å². The maximum atomic E-state index is 12.2. The zero-order chi connectivity index (χ0) is 17.6.